The molecular weight excluding hydrogens is 260 g/mol. The molecule has 1 aromatic carbocycles. The largest absolute Gasteiger partial charge is 0.396 e. The highest BCUT2D eigenvalue weighted by atomic mass is 35.5. The van der Waals surface area contributed by atoms with Gasteiger partial charge in [0.1, 0.15) is 0 Å². The molecule has 0 saturated carbocycles. The molecule has 0 radical (unpaired) electrons. The molecule has 0 fully saturated rings. The zero-order valence-electron chi connectivity index (χ0n) is 11.3. The van der Waals surface area contributed by atoms with Gasteiger partial charge in [0.2, 0.25) is 0 Å². The summed E-state index contributed by atoms with van der Waals surface area (Å²) in [7, 11) is 0. The first kappa shape index (κ1) is 14.2. The summed E-state index contributed by atoms with van der Waals surface area (Å²) in [6.45, 7) is 4.45. The predicted molar refractivity (Wildman–Crippen MR) is 78.3 cm³/mol. The van der Waals surface area contributed by atoms with Gasteiger partial charge in [0.25, 0.3) is 0 Å². The third-order valence-corrected chi connectivity index (χ3v) is 3.44. The summed E-state index contributed by atoms with van der Waals surface area (Å²) >= 11 is 6.19. The summed E-state index contributed by atoms with van der Waals surface area (Å²) in [5.74, 6) is 0.734. The van der Waals surface area contributed by atoms with Crippen LogP contribution in [0.4, 0.5) is 0 Å². The number of para-hydroxylation sites is 2. The molecule has 3 nitrogen and oxygen atoms in total. The SMILES string of the molecule is CC(C)CC(CO)Cc1nc2ccccc2nc1Cl. The minimum Gasteiger partial charge on any atom is -0.396 e. The maximum Gasteiger partial charge on any atom is 0.151 e. The van der Waals surface area contributed by atoms with Crippen molar-refractivity contribution in [2.24, 2.45) is 11.8 Å². The van der Waals surface area contributed by atoms with E-state index in [1.165, 1.54) is 0 Å². The fourth-order valence-corrected chi connectivity index (χ4v) is 2.52. The number of aromatic nitrogens is 2. The summed E-state index contributed by atoms with van der Waals surface area (Å²) in [4.78, 5) is 8.93. The molecule has 0 bridgehead atoms. The fourth-order valence-electron chi connectivity index (χ4n) is 2.31. The minimum atomic E-state index is 0.156. The monoisotopic (exact) mass is 278 g/mol. The molecular formula is C15H19ClN2O. The fraction of sp³-hybridized carbons (Fsp3) is 0.467. The molecule has 0 saturated heterocycles. The maximum atomic E-state index is 9.45. The number of rotatable bonds is 5. The topological polar surface area (TPSA) is 46.0 Å². The van der Waals surface area contributed by atoms with Gasteiger partial charge in [-0.15, -0.1) is 0 Å². The number of aliphatic hydroxyl groups excluding tert-OH is 1. The first-order chi connectivity index (χ1) is 9.10. The van der Waals surface area contributed by atoms with Crippen LogP contribution in [0.15, 0.2) is 24.3 Å². The van der Waals surface area contributed by atoms with Gasteiger partial charge >= 0.3 is 0 Å². The lowest BCUT2D eigenvalue weighted by Crippen LogP contribution is -2.14. The summed E-state index contributed by atoms with van der Waals surface area (Å²) in [6, 6.07) is 7.68. The van der Waals surface area contributed by atoms with Crippen molar-refractivity contribution in [3.63, 3.8) is 0 Å². The maximum absolute atomic E-state index is 9.45. The average Bonchev–Trinajstić information content (AvgIpc) is 2.38. The molecule has 2 aromatic rings. The lowest BCUT2D eigenvalue weighted by atomic mass is 9.94. The number of halogens is 1. The molecule has 0 aliphatic carbocycles. The van der Waals surface area contributed by atoms with Gasteiger partial charge in [-0.25, -0.2) is 9.97 Å². The van der Waals surface area contributed by atoms with Crippen LogP contribution in [0.1, 0.15) is 26.0 Å². The van der Waals surface area contributed by atoms with Crippen LogP contribution in [0.3, 0.4) is 0 Å². The third kappa shape index (κ3) is 3.64. The Morgan fingerprint density at radius 3 is 2.37 bits per heavy atom. The quantitative estimate of drug-likeness (QED) is 0.911. The minimum absolute atomic E-state index is 0.156. The highest BCUT2D eigenvalue weighted by Gasteiger charge is 2.15. The van der Waals surface area contributed by atoms with E-state index in [0.717, 1.165) is 23.1 Å². The van der Waals surface area contributed by atoms with E-state index >= 15 is 0 Å². The van der Waals surface area contributed by atoms with Crippen LogP contribution in [0, 0.1) is 11.8 Å². The first-order valence-corrected chi connectivity index (χ1v) is 7.00. The zero-order chi connectivity index (χ0) is 13.8. The van der Waals surface area contributed by atoms with Crippen molar-refractivity contribution in [2.45, 2.75) is 26.7 Å². The van der Waals surface area contributed by atoms with Gasteiger partial charge in [-0.2, -0.15) is 0 Å². The Labute approximate surface area is 118 Å². The van der Waals surface area contributed by atoms with Gasteiger partial charge in [0.05, 0.1) is 16.7 Å². The number of aliphatic hydroxyl groups is 1. The Balaban J connectivity index is 2.26. The van der Waals surface area contributed by atoms with Crippen molar-refractivity contribution in [2.75, 3.05) is 6.61 Å². The first-order valence-electron chi connectivity index (χ1n) is 6.62. The molecule has 4 heteroatoms. The summed E-state index contributed by atoms with van der Waals surface area (Å²) in [6.07, 6.45) is 1.63. The van der Waals surface area contributed by atoms with E-state index in [4.69, 9.17) is 11.6 Å². The van der Waals surface area contributed by atoms with E-state index in [2.05, 4.69) is 23.8 Å². The zero-order valence-corrected chi connectivity index (χ0v) is 12.1. The van der Waals surface area contributed by atoms with E-state index in [1.807, 2.05) is 24.3 Å². The van der Waals surface area contributed by atoms with E-state index in [9.17, 15) is 5.11 Å². The Morgan fingerprint density at radius 2 is 1.79 bits per heavy atom. The van der Waals surface area contributed by atoms with Crippen LogP contribution in [0.25, 0.3) is 11.0 Å². The second kappa shape index (κ2) is 6.31. The molecule has 19 heavy (non-hydrogen) atoms. The van der Waals surface area contributed by atoms with Crippen LogP contribution in [0.2, 0.25) is 5.15 Å². The number of benzene rings is 1. The van der Waals surface area contributed by atoms with Crippen molar-refractivity contribution in [3.8, 4) is 0 Å². The Hall–Kier alpha value is -1.19. The number of fused-ring (bicyclic) bond motifs is 1. The average molecular weight is 279 g/mol. The van der Waals surface area contributed by atoms with Crippen LogP contribution in [-0.4, -0.2) is 21.7 Å². The second-order valence-corrected chi connectivity index (χ2v) is 5.69. The van der Waals surface area contributed by atoms with Gasteiger partial charge < -0.3 is 5.11 Å². The van der Waals surface area contributed by atoms with E-state index < -0.39 is 0 Å². The van der Waals surface area contributed by atoms with Crippen molar-refractivity contribution in [1.29, 1.82) is 0 Å². The Morgan fingerprint density at radius 1 is 1.16 bits per heavy atom. The van der Waals surface area contributed by atoms with E-state index in [-0.39, 0.29) is 12.5 Å². The number of nitrogens with zero attached hydrogens (tertiary/aromatic N) is 2. The lowest BCUT2D eigenvalue weighted by Gasteiger charge is -2.16. The van der Waals surface area contributed by atoms with Crippen LogP contribution in [0.5, 0.6) is 0 Å². The van der Waals surface area contributed by atoms with Gasteiger partial charge in [-0.05, 0) is 36.8 Å². The standard InChI is InChI=1S/C15H19ClN2O/c1-10(2)7-11(9-19)8-14-15(16)18-13-6-4-3-5-12(13)17-14/h3-6,10-11,19H,7-9H2,1-2H3. The third-order valence-electron chi connectivity index (χ3n) is 3.14. The van der Waals surface area contributed by atoms with Crippen LogP contribution >= 0.6 is 11.6 Å². The molecule has 1 aromatic heterocycles. The van der Waals surface area contributed by atoms with Crippen molar-refractivity contribution >= 4 is 22.6 Å². The molecule has 1 N–H and O–H groups in total. The molecule has 1 atom stereocenters. The normalized spacial score (nSPS) is 13.1. The number of hydrogen-bond acceptors (Lipinski definition) is 3. The smallest absolute Gasteiger partial charge is 0.151 e. The molecule has 1 unspecified atom stereocenters. The predicted octanol–water partition coefficient (Wildman–Crippen LogP) is 3.48. The highest BCUT2D eigenvalue weighted by molar-refractivity contribution is 6.30. The molecule has 102 valence electrons. The Kier molecular flexibility index (Phi) is 4.72. The Bertz CT molecular complexity index is 557. The molecule has 0 spiro atoms. The molecule has 2 rings (SSSR count). The van der Waals surface area contributed by atoms with Crippen molar-refractivity contribution in [3.05, 3.63) is 35.1 Å². The number of hydrogen-bond donors (Lipinski definition) is 1. The molecule has 1 heterocycles. The van der Waals surface area contributed by atoms with Crippen molar-refractivity contribution in [1.82, 2.24) is 9.97 Å². The molecule has 0 aliphatic heterocycles. The molecule has 0 aliphatic rings. The van der Waals surface area contributed by atoms with Gasteiger partial charge in [-0.3, -0.25) is 0 Å². The van der Waals surface area contributed by atoms with Crippen LogP contribution in [-0.2, 0) is 6.42 Å². The molecule has 0 amide bonds. The second-order valence-electron chi connectivity index (χ2n) is 5.33. The van der Waals surface area contributed by atoms with Crippen LogP contribution < -0.4 is 0 Å². The van der Waals surface area contributed by atoms with E-state index in [0.29, 0.717) is 17.5 Å². The van der Waals surface area contributed by atoms with Gasteiger partial charge in [-0.1, -0.05) is 37.6 Å². The highest BCUT2D eigenvalue weighted by Crippen LogP contribution is 2.22. The summed E-state index contributed by atoms with van der Waals surface area (Å²) in [5.41, 5.74) is 2.43. The van der Waals surface area contributed by atoms with Gasteiger partial charge in [0.15, 0.2) is 5.15 Å². The summed E-state index contributed by atoms with van der Waals surface area (Å²) in [5, 5.41) is 9.89. The van der Waals surface area contributed by atoms with Crippen molar-refractivity contribution < 1.29 is 5.11 Å². The van der Waals surface area contributed by atoms with Gasteiger partial charge in [0, 0.05) is 6.61 Å². The van der Waals surface area contributed by atoms with E-state index in [1.54, 1.807) is 0 Å². The summed E-state index contributed by atoms with van der Waals surface area (Å²) < 4.78 is 0. The lowest BCUT2D eigenvalue weighted by molar-refractivity contribution is 0.204.